The molecule has 0 fully saturated rings. The summed E-state index contributed by atoms with van der Waals surface area (Å²) in [5.74, 6) is 0. The average Bonchev–Trinajstić information content (AvgIpc) is 2.30. The van der Waals surface area contributed by atoms with Crippen LogP contribution in [0, 0.1) is 0 Å². The number of hydrogen-bond acceptors (Lipinski definition) is 12. The molecule has 0 N–H and O–H groups in total. The summed E-state index contributed by atoms with van der Waals surface area (Å²) in [5, 5.41) is 0. The van der Waals surface area contributed by atoms with Crippen molar-refractivity contribution in [3.8, 4) is 0 Å². The summed E-state index contributed by atoms with van der Waals surface area (Å²) in [5.41, 5.74) is -22.6. The molecule has 0 aromatic heterocycles. The fourth-order valence-electron chi connectivity index (χ4n) is 0. The summed E-state index contributed by atoms with van der Waals surface area (Å²) < 4.78 is 236. The Morgan fingerprint density at radius 3 is 0.353 bits per heavy atom. The molecule has 0 saturated carbocycles. The van der Waals surface area contributed by atoms with Gasteiger partial charge in [-0.25, -0.2) is 33.7 Å². The molecule has 0 aliphatic heterocycles. The van der Waals surface area contributed by atoms with E-state index in [0.717, 1.165) is 0 Å². The predicted octanol–water partition coefficient (Wildman–Crippen LogP) is 0.201. The molecule has 2 radical (unpaired) electrons. The van der Waals surface area contributed by atoms with E-state index in [2.05, 4.69) is 0 Å². The quantitative estimate of drug-likeness (QED) is 0.141. The van der Waals surface area contributed by atoms with Gasteiger partial charge in [0.25, 0.3) is 0 Å². The van der Waals surface area contributed by atoms with E-state index in [9.17, 15) is 52.7 Å². The van der Waals surface area contributed by atoms with Crippen LogP contribution in [0.15, 0.2) is 0 Å². The second kappa shape index (κ2) is 14.5. The van der Waals surface area contributed by atoms with E-state index in [1.807, 2.05) is 0 Å². The van der Waals surface area contributed by atoms with Crippen LogP contribution in [0.5, 0.6) is 0 Å². The van der Waals surface area contributed by atoms with E-state index < -0.39 is 62.5 Å². The van der Waals surface area contributed by atoms with Gasteiger partial charge in [0.1, 0.15) is 0 Å². The molecule has 30 heteroatoms. The molecule has 0 unspecified atom stereocenters. The topological polar surface area (TPSA) is 229 Å². The molecule has 0 heterocycles. The molecule has 0 spiro atoms. The third kappa shape index (κ3) is 23.6. The maximum absolute atomic E-state index is 10.7. The van der Waals surface area contributed by atoms with Gasteiger partial charge >= 0.3 is 56.2 Å². The number of rotatable bonds is 0. The van der Waals surface area contributed by atoms with Gasteiger partial charge in [0.05, 0.1) is 0 Å². The predicted molar refractivity (Wildman–Crippen MR) is 63.0 cm³/mol. The summed E-state index contributed by atoms with van der Waals surface area (Å²) in [6.07, 6.45) is 0. The van der Waals surface area contributed by atoms with Crippen LogP contribution in [0.25, 0.3) is 0 Å². The zero-order valence-corrected chi connectivity index (χ0v) is 18.8. The first kappa shape index (κ1) is 47.1. The second-order valence-corrected chi connectivity index (χ2v) is 9.08. The smallest absolute Gasteiger partial charge is 0.741 e. The second-order valence-electron chi connectivity index (χ2n) is 3.60. The Hall–Kier alpha value is -0.161. The van der Waals surface area contributed by atoms with Gasteiger partial charge in [-0.15, -0.1) is 0 Å². The van der Waals surface area contributed by atoms with Crippen molar-refractivity contribution in [1.82, 2.24) is 0 Å². The summed E-state index contributed by atoms with van der Waals surface area (Å²) in [6.45, 7) is 0. The molecule has 0 bridgehead atoms. The van der Waals surface area contributed by atoms with Crippen LogP contribution in [0.1, 0.15) is 0 Å². The SMILES string of the molecule is O=S(=O)([O-])C(F)(F)F.O=S(=O)([O-])C(F)(F)F.O=S(=O)([O-])C(F)(F)F.O=S(=O)([O-])C(F)(F)F.[Cu+2].[Cu+2]. The molecule has 0 aromatic carbocycles. The first-order valence-electron chi connectivity index (χ1n) is 5.08. The van der Waals surface area contributed by atoms with Gasteiger partial charge in [0.2, 0.25) is 0 Å². The third-order valence-electron chi connectivity index (χ3n) is 1.13. The molecule has 0 aliphatic rings. The first-order chi connectivity index (χ1) is 13.0. The Bertz CT molecular complexity index is 833. The van der Waals surface area contributed by atoms with Gasteiger partial charge in [-0.3, -0.25) is 0 Å². The summed E-state index contributed by atoms with van der Waals surface area (Å²) in [7, 11) is -24.4. The van der Waals surface area contributed by atoms with Crippen molar-refractivity contribution in [3.63, 3.8) is 0 Å². The van der Waals surface area contributed by atoms with Crippen LogP contribution in [0.4, 0.5) is 52.7 Å². The van der Waals surface area contributed by atoms with Crippen molar-refractivity contribution < 1.29 is 139 Å². The molecular formula is C4Cu2F12O12S4. The van der Waals surface area contributed by atoms with Crippen molar-refractivity contribution in [2.45, 2.75) is 22.0 Å². The van der Waals surface area contributed by atoms with Crippen LogP contribution >= 0.6 is 0 Å². The largest absolute Gasteiger partial charge is 2.00 e. The Labute approximate surface area is 201 Å². The van der Waals surface area contributed by atoms with E-state index in [-0.39, 0.29) is 34.1 Å². The van der Waals surface area contributed by atoms with Crippen molar-refractivity contribution in [1.29, 1.82) is 0 Å². The molecular weight excluding hydrogens is 723 g/mol. The minimum absolute atomic E-state index is 0. The molecule has 0 atom stereocenters. The standard InChI is InChI=1S/4CHF3O3S.2Cu/c4*2-1(3,4)8(5,6)7;;/h4*(H,5,6,7);;/q;;;;2*+2/p-4. The number of hydrogen-bond donors (Lipinski definition) is 0. The van der Waals surface area contributed by atoms with Gasteiger partial charge in [-0.05, 0) is 0 Å². The molecule has 34 heavy (non-hydrogen) atoms. The van der Waals surface area contributed by atoms with Crippen molar-refractivity contribution >= 4 is 40.5 Å². The Kier molecular flexibility index (Phi) is 20.1. The minimum Gasteiger partial charge on any atom is -0.741 e. The minimum atomic E-state index is -6.09. The molecule has 12 nitrogen and oxygen atoms in total. The van der Waals surface area contributed by atoms with Crippen molar-refractivity contribution in [2.75, 3.05) is 0 Å². The Balaban J connectivity index is -0.0000000754. The summed E-state index contributed by atoms with van der Waals surface area (Å²) >= 11 is 0. The summed E-state index contributed by atoms with van der Waals surface area (Å²) in [4.78, 5) is 0. The van der Waals surface area contributed by atoms with Gasteiger partial charge in [-0.1, -0.05) is 0 Å². The maximum atomic E-state index is 10.7. The average molecular weight is 723 g/mol. The fraction of sp³-hybridized carbons (Fsp3) is 1.00. The summed E-state index contributed by atoms with van der Waals surface area (Å²) in [6, 6.07) is 0. The zero-order chi connectivity index (χ0) is 28.0. The van der Waals surface area contributed by atoms with Gasteiger partial charge in [0, 0.05) is 0 Å². The Morgan fingerprint density at radius 2 is 0.353 bits per heavy atom. The first-order valence-corrected chi connectivity index (χ1v) is 10.7. The molecule has 0 aromatic rings. The molecule has 0 aliphatic carbocycles. The molecule has 218 valence electrons. The normalized spacial score (nSPS) is 13.2. The Morgan fingerprint density at radius 1 is 0.324 bits per heavy atom. The van der Waals surface area contributed by atoms with Crippen LogP contribution in [-0.4, -0.2) is 73.9 Å². The van der Waals surface area contributed by atoms with E-state index in [0.29, 0.717) is 0 Å². The third-order valence-corrected chi connectivity index (χ3v) is 3.40. The molecule has 0 rings (SSSR count). The van der Waals surface area contributed by atoms with Crippen molar-refractivity contribution in [3.05, 3.63) is 0 Å². The van der Waals surface area contributed by atoms with Crippen LogP contribution in [0.3, 0.4) is 0 Å². The fourth-order valence-corrected chi connectivity index (χ4v) is 0. The number of alkyl halides is 12. The van der Waals surface area contributed by atoms with Crippen LogP contribution in [0.2, 0.25) is 0 Å². The van der Waals surface area contributed by atoms with Crippen molar-refractivity contribution in [2.24, 2.45) is 0 Å². The van der Waals surface area contributed by atoms with E-state index >= 15 is 0 Å². The van der Waals surface area contributed by atoms with Crippen LogP contribution in [-0.2, 0) is 74.6 Å². The van der Waals surface area contributed by atoms with Crippen LogP contribution < -0.4 is 0 Å². The van der Waals surface area contributed by atoms with Gasteiger partial charge in [0.15, 0.2) is 40.5 Å². The van der Waals surface area contributed by atoms with E-state index in [1.54, 1.807) is 0 Å². The molecule has 0 saturated heterocycles. The zero-order valence-electron chi connectivity index (χ0n) is 13.7. The monoisotopic (exact) mass is 722 g/mol. The number of halogens is 12. The van der Waals surface area contributed by atoms with Gasteiger partial charge < -0.3 is 18.2 Å². The maximum Gasteiger partial charge on any atom is 2.00 e. The van der Waals surface area contributed by atoms with E-state index in [1.165, 1.54) is 0 Å². The van der Waals surface area contributed by atoms with Gasteiger partial charge in [-0.2, -0.15) is 52.7 Å². The molecule has 0 amide bonds. The van der Waals surface area contributed by atoms with E-state index in [4.69, 9.17) is 51.9 Å².